The highest BCUT2D eigenvalue weighted by molar-refractivity contribution is 5.92. The van der Waals surface area contributed by atoms with Crippen molar-refractivity contribution in [3.63, 3.8) is 0 Å². The highest BCUT2D eigenvalue weighted by atomic mass is 19.4. The number of alkyl halides is 3. The molecule has 1 aliphatic rings. The third-order valence-corrected chi connectivity index (χ3v) is 4.42. The van der Waals surface area contributed by atoms with E-state index in [2.05, 4.69) is 9.97 Å². The normalized spacial score (nSPS) is 15.3. The van der Waals surface area contributed by atoms with Gasteiger partial charge in [-0.3, -0.25) is 9.20 Å². The Kier molecular flexibility index (Phi) is 4.31. The van der Waals surface area contributed by atoms with Gasteiger partial charge in [0.25, 0.3) is 5.91 Å². The van der Waals surface area contributed by atoms with Crippen LogP contribution in [0.25, 0.3) is 16.9 Å². The Labute approximate surface area is 152 Å². The number of carbonyl (C=O) groups is 1. The van der Waals surface area contributed by atoms with Crippen molar-refractivity contribution < 1.29 is 22.7 Å². The first-order valence-electron chi connectivity index (χ1n) is 8.31. The number of carbonyl (C=O) groups excluding carboxylic acids is 1. The van der Waals surface area contributed by atoms with Crippen molar-refractivity contribution in [1.82, 2.24) is 19.3 Å². The van der Waals surface area contributed by atoms with Gasteiger partial charge in [-0.05, 0) is 12.1 Å². The maximum Gasteiger partial charge on any atom is 0.416 e. The summed E-state index contributed by atoms with van der Waals surface area (Å²) < 4.78 is 45.2. The number of fused-ring (bicyclic) bond motifs is 1. The van der Waals surface area contributed by atoms with Crippen molar-refractivity contribution in [3.05, 3.63) is 54.1 Å². The Balaban J connectivity index is 1.69. The van der Waals surface area contributed by atoms with Crippen molar-refractivity contribution in [2.75, 3.05) is 26.3 Å². The molecule has 1 fully saturated rings. The van der Waals surface area contributed by atoms with Gasteiger partial charge < -0.3 is 9.64 Å². The molecule has 6 nitrogen and oxygen atoms in total. The Morgan fingerprint density at radius 1 is 1.04 bits per heavy atom. The maximum atomic E-state index is 12.8. The van der Waals surface area contributed by atoms with E-state index < -0.39 is 11.7 Å². The minimum absolute atomic E-state index is 0.215. The Morgan fingerprint density at radius 3 is 2.41 bits per heavy atom. The standard InChI is InChI=1S/C18H15F3N4O2/c19-18(20,21)13-3-1-12(2-4-13)15-9-23-16-10-22-14(11-25(15)16)17(26)24-5-7-27-8-6-24/h1-4,9-11H,5-8H2. The number of aromatic nitrogens is 3. The zero-order valence-corrected chi connectivity index (χ0v) is 14.1. The fraction of sp³-hybridized carbons (Fsp3) is 0.278. The molecule has 140 valence electrons. The number of imidazole rings is 1. The first-order valence-corrected chi connectivity index (χ1v) is 8.31. The van der Waals surface area contributed by atoms with Gasteiger partial charge in [0, 0.05) is 24.8 Å². The third kappa shape index (κ3) is 3.37. The summed E-state index contributed by atoms with van der Waals surface area (Å²) in [6.45, 7) is 1.95. The number of amides is 1. The average molecular weight is 376 g/mol. The van der Waals surface area contributed by atoms with E-state index in [9.17, 15) is 18.0 Å². The summed E-state index contributed by atoms with van der Waals surface area (Å²) in [5.41, 5.74) is 1.17. The number of ether oxygens (including phenoxy) is 1. The summed E-state index contributed by atoms with van der Waals surface area (Å²) in [6, 6.07) is 4.82. The van der Waals surface area contributed by atoms with Crippen molar-refractivity contribution in [2.45, 2.75) is 6.18 Å². The highest BCUT2D eigenvalue weighted by Crippen LogP contribution is 2.31. The van der Waals surface area contributed by atoms with Gasteiger partial charge in [0.15, 0.2) is 5.65 Å². The number of hydrogen-bond donors (Lipinski definition) is 0. The predicted octanol–water partition coefficient (Wildman–Crippen LogP) is 2.89. The number of nitrogens with zero attached hydrogens (tertiary/aromatic N) is 4. The van der Waals surface area contributed by atoms with Crippen LogP contribution in [0.2, 0.25) is 0 Å². The molecule has 4 rings (SSSR count). The quantitative estimate of drug-likeness (QED) is 0.690. The lowest BCUT2D eigenvalue weighted by Gasteiger charge is -2.26. The van der Waals surface area contributed by atoms with Crippen LogP contribution >= 0.6 is 0 Å². The van der Waals surface area contributed by atoms with Crippen LogP contribution in [0.15, 0.2) is 42.9 Å². The van der Waals surface area contributed by atoms with Crippen molar-refractivity contribution >= 4 is 11.6 Å². The van der Waals surface area contributed by atoms with Crippen LogP contribution in [0.5, 0.6) is 0 Å². The molecule has 1 amide bonds. The SMILES string of the molecule is O=C(c1cn2c(-c3ccc(C(F)(F)F)cc3)cnc2cn1)N1CCOCC1. The molecule has 3 heterocycles. The van der Waals surface area contributed by atoms with E-state index in [0.29, 0.717) is 43.2 Å². The molecule has 27 heavy (non-hydrogen) atoms. The number of halogens is 3. The van der Waals surface area contributed by atoms with Gasteiger partial charge in [-0.2, -0.15) is 13.2 Å². The number of rotatable bonds is 2. The summed E-state index contributed by atoms with van der Waals surface area (Å²) in [4.78, 5) is 22.7. The van der Waals surface area contributed by atoms with Gasteiger partial charge >= 0.3 is 6.18 Å². The van der Waals surface area contributed by atoms with E-state index >= 15 is 0 Å². The van der Waals surface area contributed by atoms with Crippen molar-refractivity contribution in [1.29, 1.82) is 0 Å². The molecule has 0 N–H and O–H groups in total. The van der Waals surface area contributed by atoms with Gasteiger partial charge in [0.1, 0.15) is 5.69 Å². The molecule has 9 heteroatoms. The Bertz CT molecular complexity index is 976. The van der Waals surface area contributed by atoms with E-state index in [1.165, 1.54) is 18.3 Å². The molecule has 1 aliphatic heterocycles. The van der Waals surface area contributed by atoms with Gasteiger partial charge in [0.05, 0.1) is 36.9 Å². The van der Waals surface area contributed by atoms with E-state index in [1.54, 1.807) is 21.7 Å². The van der Waals surface area contributed by atoms with Gasteiger partial charge in [-0.1, -0.05) is 12.1 Å². The van der Waals surface area contributed by atoms with E-state index in [4.69, 9.17) is 4.74 Å². The lowest BCUT2D eigenvalue weighted by Crippen LogP contribution is -2.41. The van der Waals surface area contributed by atoms with Crippen molar-refractivity contribution in [3.8, 4) is 11.3 Å². The van der Waals surface area contributed by atoms with Gasteiger partial charge in [-0.25, -0.2) is 9.97 Å². The summed E-state index contributed by atoms with van der Waals surface area (Å²) in [5.74, 6) is -0.215. The first kappa shape index (κ1) is 17.5. The molecule has 2 aromatic heterocycles. The highest BCUT2D eigenvalue weighted by Gasteiger charge is 2.30. The first-order chi connectivity index (χ1) is 12.9. The molecule has 1 aromatic carbocycles. The molecule has 0 aliphatic carbocycles. The monoisotopic (exact) mass is 376 g/mol. The summed E-state index contributed by atoms with van der Waals surface area (Å²) in [5, 5.41) is 0. The molecular formula is C18H15F3N4O2. The minimum atomic E-state index is -4.39. The molecule has 0 saturated carbocycles. The molecular weight excluding hydrogens is 361 g/mol. The van der Waals surface area contributed by atoms with Crippen LogP contribution in [0, 0.1) is 0 Å². The van der Waals surface area contributed by atoms with Crippen LogP contribution < -0.4 is 0 Å². The van der Waals surface area contributed by atoms with Gasteiger partial charge in [-0.15, -0.1) is 0 Å². The van der Waals surface area contributed by atoms with E-state index in [1.807, 2.05) is 0 Å². The van der Waals surface area contributed by atoms with Crippen LogP contribution in [0.3, 0.4) is 0 Å². The van der Waals surface area contributed by atoms with Crippen LogP contribution in [-0.2, 0) is 10.9 Å². The fourth-order valence-electron chi connectivity index (χ4n) is 2.97. The lowest BCUT2D eigenvalue weighted by atomic mass is 10.1. The minimum Gasteiger partial charge on any atom is -0.378 e. The Hall–Kier alpha value is -2.94. The largest absolute Gasteiger partial charge is 0.416 e. The molecule has 1 saturated heterocycles. The Morgan fingerprint density at radius 2 is 1.74 bits per heavy atom. The fourth-order valence-corrected chi connectivity index (χ4v) is 2.97. The zero-order valence-electron chi connectivity index (χ0n) is 14.1. The molecule has 0 spiro atoms. The summed E-state index contributed by atoms with van der Waals surface area (Å²) in [7, 11) is 0. The predicted molar refractivity (Wildman–Crippen MR) is 90.1 cm³/mol. The molecule has 0 unspecified atom stereocenters. The van der Waals surface area contributed by atoms with Gasteiger partial charge in [0.2, 0.25) is 0 Å². The second-order valence-corrected chi connectivity index (χ2v) is 6.12. The zero-order chi connectivity index (χ0) is 19.0. The molecule has 0 bridgehead atoms. The summed E-state index contributed by atoms with van der Waals surface area (Å²) >= 11 is 0. The summed E-state index contributed by atoms with van der Waals surface area (Å²) in [6.07, 6.45) is 0.191. The van der Waals surface area contributed by atoms with Crippen molar-refractivity contribution in [2.24, 2.45) is 0 Å². The lowest BCUT2D eigenvalue weighted by molar-refractivity contribution is -0.137. The maximum absolute atomic E-state index is 12.8. The smallest absolute Gasteiger partial charge is 0.378 e. The second kappa shape index (κ2) is 6.66. The van der Waals surface area contributed by atoms with E-state index in [0.717, 1.165) is 12.1 Å². The molecule has 0 atom stereocenters. The number of morpholine rings is 1. The van der Waals surface area contributed by atoms with Crippen LogP contribution in [0.4, 0.5) is 13.2 Å². The average Bonchev–Trinajstić information content (AvgIpc) is 3.10. The molecule has 0 radical (unpaired) electrons. The van der Waals surface area contributed by atoms with Crippen LogP contribution in [-0.4, -0.2) is 51.5 Å². The third-order valence-electron chi connectivity index (χ3n) is 4.42. The topological polar surface area (TPSA) is 59.7 Å². The number of benzene rings is 1. The second-order valence-electron chi connectivity index (χ2n) is 6.12. The van der Waals surface area contributed by atoms with Crippen LogP contribution in [0.1, 0.15) is 16.1 Å². The number of hydrogen-bond acceptors (Lipinski definition) is 4. The van der Waals surface area contributed by atoms with E-state index in [-0.39, 0.29) is 11.6 Å². The molecule has 3 aromatic rings.